The lowest BCUT2D eigenvalue weighted by Gasteiger charge is -2.41. The molecule has 7 heteroatoms. The second kappa shape index (κ2) is 10.3. The van der Waals surface area contributed by atoms with Crippen LogP contribution in [0.5, 0.6) is 0 Å². The highest BCUT2D eigenvalue weighted by molar-refractivity contribution is 14.0. The summed E-state index contributed by atoms with van der Waals surface area (Å²) < 4.78 is 11.3. The zero-order chi connectivity index (χ0) is 18.4. The Balaban J connectivity index is 0.00000261. The molecule has 0 amide bonds. The minimum atomic E-state index is 0. The third-order valence-electron chi connectivity index (χ3n) is 4.92. The summed E-state index contributed by atoms with van der Waals surface area (Å²) in [6.07, 6.45) is 0.822. The van der Waals surface area contributed by atoms with Crippen molar-refractivity contribution in [3.05, 3.63) is 36.1 Å². The number of fused-ring (bicyclic) bond motifs is 1. The third-order valence-corrected chi connectivity index (χ3v) is 4.92. The molecule has 1 aromatic heterocycles. The van der Waals surface area contributed by atoms with Gasteiger partial charge in [-0.05, 0) is 26.0 Å². The number of halogens is 1. The van der Waals surface area contributed by atoms with Crippen LogP contribution in [0.1, 0.15) is 19.6 Å². The minimum absolute atomic E-state index is 0. The number of morpholine rings is 1. The van der Waals surface area contributed by atoms with Crippen LogP contribution < -0.4 is 10.6 Å². The number of rotatable bonds is 6. The molecule has 6 nitrogen and oxygen atoms in total. The summed E-state index contributed by atoms with van der Waals surface area (Å²) in [5.41, 5.74) is 0.998. The summed E-state index contributed by atoms with van der Waals surface area (Å²) in [4.78, 5) is 6.79. The molecule has 27 heavy (non-hydrogen) atoms. The van der Waals surface area contributed by atoms with Crippen molar-refractivity contribution in [2.24, 2.45) is 4.99 Å². The minimum Gasteiger partial charge on any atom is -0.461 e. The average Bonchev–Trinajstić information content (AvgIpc) is 3.08. The Bertz CT molecular complexity index is 705. The van der Waals surface area contributed by atoms with Gasteiger partial charge in [-0.2, -0.15) is 0 Å². The third kappa shape index (κ3) is 6.08. The number of guanidine groups is 1. The van der Waals surface area contributed by atoms with Gasteiger partial charge in [0.05, 0.1) is 13.2 Å². The number of furan rings is 1. The molecular formula is C20H31IN4O2. The van der Waals surface area contributed by atoms with Crippen molar-refractivity contribution < 1.29 is 9.15 Å². The number of benzene rings is 1. The van der Waals surface area contributed by atoms with E-state index in [4.69, 9.17) is 9.15 Å². The first-order valence-electron chi connectivity index (χ1n) is 9.33. The maximum atomic E-state index is 5.86. The summed E-state index contributed by atoms with van der Waals surface area (Å²) in [5, 5.41) is 7.97. The fourth-order valence-electron chi connectivity index (χ4n) is 3.27. The van der Waals surface area contributed by atoms with Crippen molar-refractivity contribution in [3.8, 4) is 0 Å². The zero-order valence-corrected chi connectivity index (χ0v) is 18.8. The van der Waals surface area contributed by atoms with Gasteiger partial charge in [-0.3, -0.25) is 9.89 Å². The van der Waals surface area contributed by atoms with Crippen LogP contribution in [0.25, 0.3) is 11.0 Å². The first-order chi connectivity index (χ1) is 12.6. The number of para-hydroxylation sites is 1. The highest BCUT2D eigenvalue weighted by atomic mass is 127. The van der Waals surface area contributed by atoms with E-state index in [1.54, 1.807) is 7.05 Å². The molecule has 1 aliphatic rings. The molecule has 0 radical (unpaired) electrons. The van der Waals surface area contributed by atoms with Crippen molar-refractivity contribution in [2.45, 2.75) is 25.8 Å². The van der Waals surface area contributed by atoms with Crippen LogP contribution >= 0.6 is 24.0 Å². The molecule has 1 saturated heterocycles. The van der Waals surface area contributed by atoms with Crippen molar-refractivity contribution in [1.29, 1.82) is 0 Å². The second-order valence-electron chi connectivity index (χ2n) is 7.26. The van der Waals surface area contributed by atoms with E-state index in [1.807, 2.05) is 18.2 Å². The zero-order valence-electron chi connectivity index (χ0n) is 16.5. The Labute approximate surface area is 178 Å². The van der Waals surface area contributed by atoms with Crippen LogP contribution in [-0.2, 0) is 11.2 Å². The molecule has 2 N–H and O–H groups in total. The number of ether oxygens (including phenoxy) is 1. The van der Waals surface area contributed by atoms with Crippen LogP contribution in [0, 0.1) is 0 Å². The SMILES string of the molecule is CN=C(NCCc1cc2ccccc2o1)NCC(C)(C)N1CCOCC1.I. The lowest BCUT2D eigenvalue weighted by atomic mass is 10.0. The highest BCUT2D eigenvalue weighted by Gasteiger charge is 2.28. The molecule has 0 atom stereocenters. The van der Waals surface area contributed by atoms with E-state index in [1.165, 1.54) is 0 Å². The van der Waals surface area contributed by atoms with Crippen LogP contribution in [-0.4, -0.2) is 62.8 Å². The number of hydrogen-bond donors (Lipinski definition) is 2. The maximum absolute atomic E-state index is 5.86. The maximum Gasteiger partial charge on any atom is 0.191 e. The molecule has 1 aromatic carbocycles. The van der Waals surface area contributed by atoms with Gasteiger partial charge < -0.3 is 19.8 Å². The van der Waals surface area contributed by atoms with Gasteiger partial charge in [0.15, 0.2) is 5.96 Å². The Hall–Kier alpha value is -1.32. The molecule has 3 rings (SSSR count). The first kappa shape index (κ1) is 22.0. The van der Waals surface area contributed by atoms with Gasteiger partial charge in [0.25, 0.3) is 0 Å². The van der Waals surface area contributed by atoms with E-state index in [9.17, 15) is 0 Å². The van der Waals surface area contributed by atoms with E-state index in [0.717, 1.165) is 68.5 Å². The van der Waals surface area contributed by atoms with Gasteiger partial charge in [0.2, 0.25) is 0 Å². The molecule has 2 heterocycles. The molecule has 1 aliphatic heterocycles. The van der Waals surface area contributed by atoms with Crippen molar-refractivity contribution in [3.63, 3.8) is 0 Å². The van der Waals surface area contributed by atoms with Crippen LogP contribution in [0.2, 0.25) is 0 Å². The fourth-order valence-corrected chi connectivity index (χ4v) is 3.27. The van der Waals surface area contributed by atoms with Crippen LogP contribution in [0.15, 0.2) is 39.7 Å². The molecular weight excluding hydrogens is 455 g/mol. The normalized spacial score (nSPS) is 16.2. The molecule has 0 bridgehead atoms. The van der Waals surface area contributed by atoms with Gasteiger partial charge in [0.1, 0.15) is 11.3 Å². The lowest BCUT2D eigenvalue weighted by Crippen LogP contribution is -2.56. The Kier molecular flexibility index (Phi) is 8.37. The summed E-state index contributed by atoms with van der Waals surface area (Å²) >= 11 is 0. The summed E-state index contributed by atoms with van der Waals surface area (Å²) in [7, 11) is 1.80. The van der Waals surface area contributed by atoms with Gasteiger partial charge in [-0.15, -0.1) is 24.0 Å². The smallest absolute Gasteiger partial charge is 0.191 e. The van der Waals surface area contributed by atoms with Gasteiger partial charge in [-0.1, -0.05) is 18.2 Å². The number of hydrogen-bond acceptors (Lipinski definition) is 4. The van der Waals surface area contributed by atoms with Crippen molar-refractivity contribution in [2.75, 3.05) is 46.4 Å². The number of nitrogens with zero attached hydrogens (tertiary/aromatic N) is 2. The van der Waals surface area contributed by atoms with E-state index in [0.29, 0.717) is 0 Å². The monoisotopic (exact) mass is 486 g/mol. The van der Waals surface area contributed by atoms with E-state index in [2.05, 4.69) is 46.5 Å². The van der Waals surface area contributed by atoms with E-state index < -0.39 is 0 Å². The molecule has 0 saturated carbocycles. The number of aliphatic imine (C=N–C) groups is 1. The predicted molar refractivity (Wildman–Crippen MR) is 121 cm³/mol. The summed E-state index contributed by atoms with van der Waals surface area (Å²) in [6.45, 7) is 9.70. The molecule has 2 aromatic rings. The van der Waals surface area contributed by atoms with Gasteiger partial charge >= 0.3 is 0 Å². The molecule has 150 valence electrons. The quantitative estimate of drug-likeness (QED) is 0.374. The molecule has 0 aliphatic carbocycles. The Morgan fingerprint density at radius 2 is 1.93 bits per heavy atom. The molecule has 0 unspecified atom stereocenters. The second-order valence-corrected chi connectivity index (χ2v) is 7.26. The standard InChI is InChI=1S/C20H30N4O2.HI/c1-20(2,24-10-12-25-13-11-24)15-23-19(21-3)22-9-8-17-14-16-6-4-5-7-18(16)26-17;/h4-7,14H,8-13,15H2,1-3H3,(H2,21,22,23);1H. The Morgan fingerprint density at radius 1 is 1.19 bits per heavy atom. The molecule has 1 fully saturated rings. The van der Waals surface area contributed by atoms with E-state index in [-0.39, 0.29) is 29.5 Å². The number of nitrogens with one attached hydrogen (secondary N) is 2. The van der Waals surface area contributed by atoms with E-state index >= 15 is 0 Å². The van der Waals surface area contributed by atoms with Crippen molar-refractivity contribution in [1.82, 2.24) is 15.5 Å². The molecule has 0 spiro atoms. The van der Waals surface area contributed by atoms with Gasteiger partial charge in [-0.25, -0.2) is 0 Å². The average molecular weight is 486 g/mol. The van der Waals surface area contributed by atoms with Crippen LogP contribution in [0.3, 0.4) is 0 Å². The predicted octanol–water partition coefficient (Wildman–Crippen LogP) is 2.87. The lowest BCUT2D eigenvalue weighted by molar-refractivity contribution is -0.00833. The summed E-state index contributed by atoms with van der Waals surface area (Å²) in [6, 6.07) is 10.2. The highest BCUT2D eigenvalue weighted by Crippen LogP contribution is 2.19. The van der Waals surface area contributed by atoms with Crippen molar-refractivity contribution >= 4 is 40.9 Å². The summed E-state index contributed by atoms with van der Waals surface area (Å²) in [5.74, 6) is 1.81. The largest absolute Gasteiger partial charge is 0.461 e. The Morgan fingerprint density at radius 3 is 2.63 bits per heavy atom. The fraction of sp³-hybridized carbons (Fsp3) is 0.550. The van der Waals surface area contributed by atoms with Gasteiger partial charge in [0, 0.05) is 50.6 Å². The topological polar surface area (TPSA) is 62.0 Å². The first-order valence-corrected chi connectivity index (χ1v) is 9.33. The van der Waals surface area contributed by atoms with Crippen LogP contribution in [0.4, 0.5) is 0 Å².